The number of hydrogen-bond acceptors (Lipinski definition) is 5. The fourth-order valence-corrected chi connectivity index (χ4v) is 4.33. The molecule has 8 heteroatoms. The fourth-order valence-electron chi connectivity index (χ4n) is 4.33. The zero-order valence-electron chi connectivity index (χ0n) is 17.1. The molecule has 0 radical (unpaired) electrons. The number of nitrogens with zero attached hydrogens (tertiary/aromatic N) is 3. The van der Waals surface area contributed by atoms with E-state index in [2.05, 4.69) is 19.9 Å². The van der Waals surface area contributed by atoms with Crippen molar-refractivity contribution in [2.45, 2.75) is 13.5 Å². The van der Waals surface area contributed by atoms with E-state index in [1.807, 2.05) is 37.3 Å². The highest BCUT2D eigenvalue weighted by molar-refractivity contribution is 6.21. The van der Waals surface area contributed by atoms with Gasteiger partial charge in [-0.2, -0.15) is 0 Å². The topological polar surface area (TPSA) is 121 Å². The maximum Gasteiger partial charge on any atom is 0.261 e. The molecule has 0 fully saturated rings. The Morgan fingerprint density at radius 1 is 0.906 bits per heavy atom. The Bertz CT molecular complexity index is 1540. The number of H-pyrrole nitrogens is 2. The van der Waals surface area contributed by atoms with Crippen LogP contribution in [0.2, 0.25) is 0 Å². The Morgan fingerprint density at radius 3 is 2.41 bits per heavy atom. The van der Waals surface area contributed by atoms with Crippen LogP contribution in [-0.4, -0.2) is 36.7 Å². The number of hydrogen-bond donors (Lipinski definition) is 3. The normalized spacial score (nSPS) is 13.5. The molecule has 4 N–H and O–H groups in total. The molecular formula is C24H18N6O2. The van der Waals surface area contributed by atoms with Crippen LogP contribution >= 0.6 is 0 Å². The second-order valence-corrected chi connectivity index (χ2v) is 7.96. The van der Waals surface area contributed by atoms with Crippen molar-refractivity contribution in [3.63, 3.8) is 0 Å². The Morgan fingerprint density at radius 2 is 1.66 bits per heavy atom. The van der Waals surface area contributed by atoms with E-state index < -0.39 is 0 Å². The van der Waals surface area contributed by atoms with Gasteiger partial charge < -0.3 is 15.7 Å². The third kappa shape index (κ3) is 2.70. The van der Waals surface area contributed by atoms with Crippen molar-refractivity contribution < 1.29 is 9.59 Å². The summed E-state index contributed by atoms with van der Waals surface area (Å²) in [4.78, 5) is 42.0. The van der Waals surface area contributed by atoms with Crippen molar-refractivity contribution in [1.82, 2.24) is 24.8 Å². The standard InChI is InChI=1S/C24H18N6O2/c1-12-26-21-17(10-20(25)29-22(21)27-12)19-9-14-8-13(6-7-18(14)28-19)11-30-23(31)15-4-2-3-5-16(15)24(30)32/h2-10,28H,11H2,1H3,(H3,25,26,27,29). The minimum Gasteiger partial charge on any atom is -0.384 e. The molecule has 0 saturated carbocycles. The average molecular weight is 422 g/mol. The van der Waals surface area contributed by atoms with Gasteiger partial charge in [-0.05, 0) is 48.9 Å². The summed E-state index contributed by atoms with van der Waals surface area (Å²) in [6.45, 7) is 2.09. The Balaban J connectivity index is 1.37. The number of nitrogens with one attached hydrogen (secondary N) is 2. The molecule has 3 aromatic heterocycles. The first-order chi connectivity index (χ1) is 15.5. The zero-order chi connectivity index (χ0) is 22.0. The van der Waals surface area contributed by atoms with Gasteiger partial charge in [0.05, 0.1) is 23.2 Å². The van der Waals surface area contributed by atoms with Crippen LogP contribution in [0, 0.1) is 6.92 Å². The molecule has 2 aromatic carbocycles. The number of aromatic amines is 2. The summed E-state index contributed by atoms with van der Waals surface area (Å²) >= 11 is 0. The Labute approximate surface area is 182 Å². The molecule has 8 nitrogen and oxygen atoms in total. The van der Waals surface area contributed by atoms with Crippen molar-refractivity contribution in [2.24, 2.45) is 0 Å². The molecule has 5 aromatic rings. The van der Waals surface area contributed by atoms with Crippen LogP contribution < -0.4 is 5.73 Å². The number of benzene rings is 2. The number of rotatable bonds is 3. The largest absolute Gasteiger partial charge is 0.384 e. The summed E-state index contributed by atoms with van der Waals surface area (Å²) in [5.41, 5.74) is 11.9. The lowest BCUT2D eigenvalue weighted by Crippen LogP contribution is -2.29. The minimum absolute atomic E-state index is 0.217. The maximum absolute atomic E-state index is 12.7. The van der Waals surface area contributed by atoms with Gasteiger partial charge in [0.15, 0.2) is 5.65 Å². The molecule has 0 atom stereocenters. The number of carbonyl (C=O) groups is 2. The van der Waals surface area contributed by atoms with Crippen LogP contribution in [0.15, 0.2) is 54.6 Å². The number of amides is 2. The van der Waals surface area contributed by atoms with E-state index in [1.54, 1.807) is 24.3 Å². The van der Waals surface area contributed by atoms with E-state index in [9.17, 15) is 9.59 Å². The van der Waals surface area contributed by atoms with Crippen LogP contribution in [0.3, 0.4) is 0 Å². The number of imidazole rings is 1. The lowest BCUT2D eigenvalue weighted by molar-refractivity contribution is 0.0642. The monoisotopic (exact) mass is 422 g/mol. The molecule has 32 heavy (non-hydrogen) atoms. The smallest absolute Gasteiger partial charge is 0.261 e. The first-order valence-corrected chi connectivity index (χ1v) is 10.2. The summed E-state index contributed by atoms with van der Waals surface area (Å²) < 4.78 is 0. The van der Waals surface area contributed by atoms with E-state index in [1.165, 1.54) is 4.90 Å². The quantitative estimate of drug-likeness (QED) is 0.382. The third-order valence-electron chi connectivity index (χ3n) is 5.79. The molecule has 156 valence electrons. The van der Waals surface area contributed by atoms with Gasteiger partial charge in [-0.3, -0.25) is 14.5 Å². The number of fused-ring (bicyclic) bond motifs is 3. The predicted octanol–water partition coefficient (Wildman–Crippen LogP) is 3.79. The summed E-state index contributed by atoms with van der Waals surface area (Å²) in [7, 11) is 0. The Hall–Kier alpha value is -4.46. The second-order valence-electron chi connectivity index (χ2n) is 7.96. The van der Waals surface area contributed by atoms with Crippen molar-refractivity contribution in [3.8, 4) is 11.3 Å². The van der Waals surface area contributed by atoms with E-state index in [-0.39, 0.29) is 18.4 Å². The first-order valence-electron chi connectivity index (χ1n) is 10.2. The van der Waals surface area contributed by atoms with Crippen LogP contribution in [0.1, 0.15) is 32.1 Å². The lowest BCUT2D eigenvalue weighted by atomic mass is 10.1. The molecule has 0 bridgehead atoms. The van der Waals surface area contributed by atoms with Crippen molar-refractivity contribution in [1.29, 1.82) is 0 Å². The number of anilines is 1. The van der Waals surface area contributed by atoms with Gasteiger partial charge in [0.25, 0.3) is 11.8 Å². The number of aryl methyl sites for hydroxylation is 1. The molecule has 0 unspecified atom stereocenters. The van der Waals surface area contributed by atoms with Crippen LogP contribution in [0.5, 0.6) is 0 Å². The molecule has 6 rings (SSSR count). The number of nitrogen functional groups attached to an aromatic ring is 1. The highest BCUT2D eigenvalue weighted by atomic mass is 16.2. The molecule has 2 amide bonds. The van der Waals surface area contributed by atoms with E-state index >= 15 is 0 Å². The molecule has 4 heterocycles. The van der Waals surface area contributed by atoms with Crippen molar-refractivity contribution in [3.05, 3.63) is 77.1 Å². The molecule has 0 spiro atoms. The van der Waals surface area contributed by atoms with Gasteiger partial charge in [-0.25, -0.2) is 9.97 Å². The number of nitrogens with two attached hydrogens (primary N) is 1. The van der Waals surface area contributed by atoms with Crippen LogP contribution in [0.4, 0.5) is 5.82 Å². The molecule has 0 saturated heterocycles. The van der Waals surface area contributed by atoms with E-state index in [4.69, 9.17) is 5.73 Å². The lowest BCUT2D eigenvalue weighted by Gasteiger charge is -2.13. The fraction of sp³-hybridized carbons (Fsp3) is 0.0833. The highest BCUT2D eigenvalue weighted by Crippen LogP contribution is 2.31. The highest BCUT2D eigenvalue weighted by Gasteiger charge is 2.34. The SMILES string of the molecule is Cc1nc2nc(N)cc(-c3cc4cc(CN5C(=O)c6ccccc6C5=O)ccc4[nH]3)c2[nH]1. The molecule has 0 aliphatic carbocycles. The summed E-state index contributed by atoms with van der Waals surface area (Å²) in [6, 6.07) is 16.6. The Kier molecular flexibility index (Phi) is 3.73. The summed E-state index contributed by atoms with van der Waals surface area (Å²) in [5.74, 6) is 0.636. The van der Waals surface area contributed by atoms with Crippen molar-refractivity contribution >= 4 is 39.7 Å². The third-order valence-corrected chi connectivity index (χ3v) is 5.79. The number of carbonyl (C=O) groups excluding carboxylic acids is 2. The zero-order valence-corrected chi connectivity index (χ0v) is 17.1. The van der Waals surface area contributed by atoms with Gasteiger partial charge in [0.2, 0.25) is 0 Å². The van der Waals surface area contributed by atoms with Crippen molar-refractivity contribution in [2.75, 3.05) is 5.73 Å². The predicted molar refractivity (Wildman–Crippen MR) is 121 cm³/mol. The number of imide groups is 1. The van der Waals surface area contributed by atoms with Gasteiger partial charge in [0, 0.05) is 22.2 Å². The van der Waals surface area contributed by atoms with Gasteiger partial charge in [-0.1, -0.05) is 18.2 Å². The number of pyridine rings is 1. The van der Waals surface area contributed by atoms with E-state index in [0.29, 0.717) is 22.6 Å². The van der Waals surface area contributed by atoms with Gasteiger partial charge in [-0.15, -0.1) is 0 Å². The maximum atomic E-state index is 12.7. The van der Waals surface area contributed by atoms with Gasteiger partial charge >= 0.3 is 0 Å². The molecule has 1 aliphatic rings. The minimum atomic E-state index is -0.260. The van der Waals surface area contributed by atoms with Crippen LogP contribution in [-0.2, 0) is 6.54 Å². The average Bonchev–Trinajstić information content (AvgIpc) is 3.43. The summed E-state index contributed by atoms with van der Waals surface area (Å²) in [5, 5.41) is 0.967. The second kappa shape index (κ2) is 6.52. The van der Waals surface area contributed by atoms with Crippen LogP contribution in [0.25, 0.3) is 33.3 Å². The summed E-state index contributed by atoms with van der Waals surface area (Å²) in [6.07, 6.45) is 0. The van der Waals surface area contributed by atoms with E-state index in [0.717, 1.165) is 39.1 Å². The first kappa shape index (κ1) is 18.3. The molecular weight excluding hydrogens is 404 g/mol. The number of aromatic nitrogens is 4. The molecule has 1 aliphatic heterocycles. The van der Waals surface area contributed by atoms with Gasteiger partial charge in [0.1, 0.15) is 11.6 Å².